The van der Waals surface area contributed by atoms with Crippen molar-refractivity contribution in [3.05, 3.63) is 47.3 Å². The van der Waals surface area contributed by atoms with Gasteiger partial charge in [-0.3, -0.25) is 9.59 Å². The summed E-state index contributed by atoms with van der Waals surface area (Å²) < 4.78 is 12.8. The molecule has 0 aromatic heterocycles. The predicted molar refractivity (Wildman–Crippen MR) is 78.4 cm³/mol. The topological polar surface area (TPSA) is 57.6 Å². The SMILES string of the molecule is CC(C)=CC(=O)N(CCC(=O)O)CCc1ccc(F)cc1. The van der Waals surface area contributed by atoms with E-state index in [0.29, 0.717) is 13.0 Å². The van der Waals surface area contributed by atoms with Crippen LogP contribution in [-0.4, -0.2) is 35.0 Å². The molecule has 1 aromatic rings. The lowest BCUT2D eigenvalue weighted by Crippen LogP contribution is -2.33. The number of benzene rings is 1. The summed E-state index contributed by atoms with van der Waals surface area (Å²) in [6, 6.07) is 6.07. The smallest absolute Gasteiger partial charge is 0.305 e. The number of rotatable bonds is 7. The molecule has 1 amide bonds. The van der Waals surface area contributed by atoms with Crippen molar-refractivity contribution in [2.75, 3.05) is 13.1 Å². The second-order valence-corrected chi connectivity index (χ2v) is 5.07. The Morgan fingerprint density at radius 1 is 1.19 bits per heavy atom. The number of hydrogen-bond donors (Lipinski definition) is 1. The average molecular weight is 293 g/mol. The molecule has 21 heavy (non-hydrogen) atoms. The molecule has 0 aliphatic rings. The van der Waals surface area contributed by atoms with Crippen molar-refractivity contribution < 1.29 is 19.1 Å². The van der Waals surface area contributed by atoms with Crippen molar-refractivity contribution in [1.82, 2.24) is 4.90 Å². The minimum Gasteiger partial charge on any atom is -0.481 e. The molecule has 0 saturated heterocycles. The van der Waals surface area contributed by atoms with Gasteiger partial charge in [-0.2, -0.15) is 0 Å². The highest BCUT2D eigenvalue weighted by molar-refractivity contribution is 5.88. The second-order valence-electron chi connectivity index (χ2n) is 5.07. The molecule has 0 bridgehead atoms. The van der Waals surface area contributed by atoms with Crippen LogP contribution in [-0.2, 0) is 16.0 Å². The lowest BCUT2D eigenvalue weighted by atomic mass is 10.1. The molecule has 1 aromatic carbocycles. The van der Waals surface area contributed by atoms with Crippen LogP contribution in [0.25, 0.3) is 0 Å². The first-order valence-corrected chi connectivity index (χ1v) is 6.78. The Morgan fingerprint density at radius 2 is 1.81 bits per heavy atom. The summed E-state index contributed by atoms with van der Waals surface area (Å²) in [6.45, 7) is 4.20. The molecule has 0 radical (unpaired) electrons. The third-order valence-electron chi connectivity index (χ3n) is 2.90. The van der Waals surface area contributed by atoms with E-state index in [2.05, 4.69) is 0 Å². The molecule has 1 N–H and O–H groups in total. The van der Waals surface area contributed by atoms with E-state index in [4.69, 9.17) is 5.11 Å². The Balaban J connectivity index is 2.67. The monoisotopic (exact) mass is 293 g/mol. The summed E-state index contributed by atoms with van der Waals surface area (Å²) >= 11 is 0. The van der Waals surface area contributed by atoms with Gasteiger partial charge >= 0.3 is 5.97 Å². The van der Waals surface area contributed by atoms with Crippen LogP contribution in [0.4, 0.5) is 4.39 Å². The quantitative estimate of drug-likeness (QED) is 0.786. The summed E-state index contributed by atoms with van der Waals surface area (Å²) in [4.78, 5) is 24.2. The highest BCUT2D eigenvalue weighted by Crippen LogP contribution is 2.06. The molecule has 0 aliphatic heterocycles. The number of aliphatic carboxylic acids is 1. The highest BCUT2D eigenvalue weighted by atomic mass is 19.1. The van der Waals surface area contributed by atoms with Crippen molar-refractivity contribution in [2.45, 2.75) is 26.7 Å². The van der Waals surface area contributed by atoms with Gasteiger partial charge in [0.2, 0.25) is 5.91 Å². The summed E-state index contributed by atoms with van der Waals surface area (Å²) in [5.41, 5.74) is 1.77. The molecule has 0 fully saturated rings. The van der Waals surface area contributed by atoms with Crippen molar-refractivity contribution in [3.63, 3.8) is 0 Å². The maximum absolute atomic E-state index is 12.8. The van der Waals surface area contributed by atoms with Crippen LogP contribution in [0.5, 0.6) is 0 Å². The minimum absolute atomic E-state index is 0.0915. The number of allylic oxidation sites excluding steroid dienone is 1. The molecular formula is C16H20FNO3. The average Bonchev–Trinajstić information content (AvgIpc) is 2.39. The minimum atomic E-state index is -0.938. The van der Waals surface area contributed by atoms with Gasteiger partial charge in [0.15, 0.2) is 0 Å². The van der Waals surface area contributed by atoms with Gasteiger partial charge in [0, 0.05) is 19.2 Å². The molecule has 114 valence electrons. The third kappa shape index (κ3) is 6.70. The van der Waals surface area contributed by atoms with E-state index in [0.717, 1.165) is 11.1 Å². The number of halogens is 1. The molecule has 5 heteroatoms. The van der Waals surface area contributed by atoms with Gasteiger partial charge in [-0.05, 0) is 38.0 Å². The van der Waals surface area contributed by atoms with Gasteiger partial charge < -0.3 is 10.0 Å². The zero-order valence-corrected chi connectivity index (χ0v) is 12.3. The molecule has 4 nitrogen and oxygen atoms in total. The van der Waals surface area contributed by atoms with E-state index in [1.54, 1.807) is 12.1 Å². The molecule has 1 rings (SSSR count). The Morgan fingerprint density at radius 3 is 2.33 bits per heavy atom. The van der Waals surface area contributed by atoms with Crippen molar-refractivity contribution >= 4 is 11.9 Å². The predicted octanol–water partition coefficient (Wildman–Crippen LogP) is 2.64. The van der Waals surface area contributed by atoms with Crippen LogP contribution in [0, 0.1) is 5.82 Å². The first-order valence-electron chi connectivity index (χ1n) is 6.78. The van der Waals surface area contributed by atoms with Crippen molar-refractivity contribution in [3.8, 4) is 0 Å². The van der Waals surface area contributed by atoms with Gasteiger partial charge in [-0.25, -0.2) is 4.39 Å². The number of nitrogens with zero attached hydrogens (tertiary/aromatic N) is 1. The number of amides is 1. The van der Waals surface area contributed by atoms with Gasteiger partial charge in [0.05, 0.1) is 6.42 Å². The lowest BCUT2D eigenvalue weighted by Gasteiger charge is -2.20. The summed E-state index contributed by atoms with van der Waals surface area (Å²) in [5.74, 6) is -1.44. The van der Waals surface area contributed by atoms with Crippen LogP contribution in [0.15, 0.2) is 35.9 Å². The van der Waals surface area contributed by atoms with Crippen LogP contribution in [0.3, 0.4) is 0 Å². The fourth-order valence-corrected chi connectivity index (χ4v) is 1.82. The largest absolute Gasteiger partial charge is 0.481 e. The fraction of sp³-hybridized carbons (Fsp3) is 0.375. The highest BCUT2D eigenvalue weighted by Gasteiger charge is 2.12. The number of carboxylic acid groups (broad SMARTS) is 1. The van der Waals surface area contributed by atoms with Crippen LogP contribution in [0.1, 0.15) is 25.8 Å². The van der Waals surface area contributed by atoms with Crippen molar-refractivity contribution in [2.24, 2.45) is 0 Å². The molecular weight excluding hydrogens is 273 g/mol. The normalized spacial score (nSPS) is 10.0. The van der Waals surface area contributed by atoms with Crippen LogP contribution < -0.4 is 0 Å². The molecule has 0 unspecified atom stereocenters. The molecule has 0 aliphatic carbocycles. The summed E-state index contributed by atoms with van der Waals surface area (Å²) in [7, 11) is 0. The van der Waals surface area contributed by atoms with E-state index in [1.165, 1.54) is 23.1 Å². The fourth-order valence-electron chi connectivity index (χ4n) is 1.82. The third-order valence-corrected chi connectivity index (χ3v) is 2.90. The van der Waals surface area contributed by atoms with Gasteiger partial charge in [-0.1, -0.05) is 17.7 Å². The first kappa shape index (κ1) is 16.9. The zero-order valence-electron chi connectivity index (χ0n) is 12.3. The Bertz CT molecular complexity index is 519. The zero-order chi connectivity index (χ0) is 15.8. The summed E-state index contributed by atoms with van der Waals surface area (Å²) in [6.07, 6.45) is 1.96. The number of carbonyl (C=O) groups excluding carboxylic acids is 1. The maximum atomic E-state index is 12.8. The number of carboxylic acids is 1. The maximum Gasteiger partial charge on any atom is 0.305 e. The Hall–Kier alpha value is -2.17. The Kier molecular flexibility index (Phi) is 6.59. The van der Waals surface area contributed by atoms with E-state index >= 15 is 0 Å². The molecule has 0 spiro atoms. The second kappa shape index (κ2) is 8.19. The van der Waals surface area contributed by atoms with Gasteiger partial charge in [-0.15, -0.1) is 0 Å². The molecule has 0 atom stereocenters. The van der Waals surface area contributed by atoms with E-state index in [1.807, 2.05) is 13.8 Å². The lowest BCUT2D eigenvalue weighted by molar-refractivity contribution is -0.137. The number of carbonyl (C=O) groups is 2. The molecule has 0 saturated carbocycles. The van der Waals surface area contributed by atoms with E-state index in [9.17, 15) is 14.0 Å². The van der Waals surface area contributed by atoms with Gasteiger partial charge in [0.25, 0.3) is 0 Å². The van der Waals surface area contributed by atoms with Gasteiger partial charge in [0.1, 0.15) is 5.82 Å². The number of hydrogen-bond acceptors (Lipinski definition) is 2. The van der Waals surface area contributed by atoms with E-state index in [-0.39, 0.29) is 24.7 Å². The summed E-state index contributed by atoms with van der Waals surface area (Å²) in [5, 5.41) is 8.75. The van der Waals surface area contributed by atoms with Crippen LogP contribution in [0.2, 0.25) is 0 Å². The standard InChI is InChI=1S/C16H20FNO3/c1-12(2)11-15(19)18(10-8-16(20)21)9-7-13-3-5-14(17)6-4-13/h3-6,11H,7-10H2,1-2H3,(H,20,21). The Labute approximate surface area is 123 Å². The van der Waals surface area contributed by atoms with Crippen molar-refractivity contribution in [1.29, 1.82) is 0 Å². The van der Waals surface area contributed by atoms with Crippen LogP contribution >= 0.6 is 0 Å². The molecule has 0 heterocycles. The van der Waals surface area contributed by atoms with E-state index < -0.39 is 5.97 Å². The first-order chi connectivity index (χ1) is 9.88.